The lowest BCUT2D eigenvalue weighted by molar-refractivity contribution is 0.0474. The fraction of sp³-hybridized carbons (Fsp3) is 0.263. The van der Waals surface area contributed by atoms with Crippen molar-refractivity contribution in [2.24, 2.45) is 0 Å². The third-order valence-electron chi connectivity index (χ3n) is 3.75. The summed E-state index contributed by atoms with van der Waals surface area (Å²) in [6.07, 6.45) is 1.23. The molecule has 130 valence electrons. The second kappa shape index (κ2) is 8.54. The molecule has 0 spiro atoms. The van der Waals surface area contributed by atoms with Crippen LogP contribution >= 0.6 is 23.5 Å². The summed E-state index contributed by atoms with van der Waals surface area (Å²) in [5, 5.41) is 0. The molecule has 0 aromatic heterocycles. The van der Waals surface area contributed by atoms with Crippen molar-refractivity contribution in [1.29, 1.82) is 0 Å². The van der Waals surface area contributed by atoms with Crippen LogP contribution in [-0.2, 0) is 4.74 Å². The van der Waals surface area contributed by atoms with E-state index < -0.39 is 11.8 Å². The topological polar surface area (TPSA) is 43.4 Å². The Morgan fingerprint density at radius 2 is 1.56 bits per heavy atom. The van der Waals surface area contributed by atoms with Crippen molar-refractivity contribution < 1.29 is 18.7 Å². The minimum atomic E-state index is -0.536. The third kappa shape index (κ3) is 4.86. The van der Waals surface area contributed by atoms with Gasteiger partial charge in [0.2, 0.25) is 0 Å². The number of carbonyl (C=O) groups excluding carboxylic acids is 2. The Kier molecular flexibility index (Phi) is 6.15. The highest BCUT2D eigenvalue weighted by Crippen LogP contribution is 2.43. The van der Waals surface area contributed by atoms with Gasteiger partial charge in [-0.1, -0.05) is 12.1 Å². The third-order valence-corrected chi connectivity index (χ3v) is 6.76. The van der Waals surface area contributed by atoms with Gasteiger partial charge in [0.15, 0.2) is 12.4 Å². The molecular formula is C19H17FO3S2. The average Bonchev–Trinajstić information content (AvgIpc) is 2.67. The first-order valence-corrected chi connectivity index (χ1v) is 10.0. The van der Waals surface area contributed by atoms with Crippen LogP contribution in [-0.4, -0.2) is 29.9 Å². The highest BCUT2D eigenvalue weighted by Gasteiger charge is 2.17. The van der Waals surface area contributed by atoms with Crippen LogP contribution in [0.2, 0.25) is 0 Å². The van der Waals surface area contributed by atoms with Crippen molar-refractivity contribution in [2.45, 2.75) is 11.0 Å². The highest BCUT2D eigenvalue weighted by atomic mass is 32.2. The maximum atomic E-state index is 12.9. The van der Waals surface area contributed by atoms with E-state index in [4.69, 9.17) is 4.74 Å². The van der Waals surface area contributed by atoms with Gasteiger partial charge < -0.3 is 4.74 Å². The van der Waals surface area contributed by atoms with Gasteiger partial charge in [0, 0.05) is 5.56 Å². The molecule has 1 heterocycles. The van der Waals surface area contributed by atoms with E-state index in [0.717, 1.165) is 11.5 Å². The van der Waals surface area contributed by atoms with Gasteiger partial charge in [-0.05, 0) is 59.9 Å². The molecule has 0 saturated carbocycles. The molecule has 0 N–H and O–H groups in total. The lowest BCUT2D eigenvalue weighted by Crippen LogP contribution is -2.14. The number of rotatable bonds is 5. The number of Topliss-reactive ketones (excluding diaryl/α,β-unsaturated/α-hetero) is 1. The molecular weight excluding hydrogens is 359 g/mol. The molecule has 0 amide bonds. The Balaban J connectivity index is 1.55. The molecule has 1 saturated heterocycles. The highest BCUT2D eigenvalue weighted by molar-refractivity contribution is 8.16. The summed E-state index contributed by atoms with van der Waals surface area (Å²) in [6, 6.07) is 12.5. The number of ketones is 1. The minimum absolute atomic E-state index is 0.316. The summed E-state index contributed by atoms with van der Waals surface area (Å²) in [5.41, 5.74) is 1.92. The van der Waals surface area contributed by atoms with Gasteiger partial charge in [-0.3, -0.25) is 4.79 Å². The lowest BCUT2D eigenvalue weighted by Gasteiger charge is -2.21. The second-order valence-electron chi connectivity index (χ2n) is 5.56. The molecule has 1 aliphatic heterocycles. The summed E-state index contributed by atoms with van der Waals surface area (Å²) in [6.45, 7) is -0.361. The number of ether oxygens (including phenoxy) is 1. The normalized spacial score (nSPS) is 14.9. The first-order valence-electron chi connectivity index (χ1n) is 7.92. The average molecular weight is 376 g/mol. The van der Waals surface area contributed by atoms with E-state index in [9.17, 15) is 14.0 Å². The van der Waals surface area contributed by atoms with Crippen molar-refractivity contribution in [1.82, 2.24) is 0 Å². The summed E-state index contributed by atoms with van der Waals surface area (Å²) in [5.74, 6) is 1.01. The molecule has 25 heavy (non-hydrogen) atoms. The van der Waals surface area contributed by atoms with Gasteiger partial charge >= 0.3 is 5.97 Å². The fourth-order valence-corrected chi connectivity index (χ4v) is 5.28. The van der Waals surface area contributed by atoms with Crippen LogP contribution in [0, 0.1) is 5.82 Å². The van der Waals surface area contributed by atoms with E-state index in [1.807, 2.05) is 35.7 Å². The van der Waals surface area contributed by atoms with Gasteiger partial charge in [-0.2, -0.15) is 0 Å². The van der Waals surface area contributed by atoms with Crippen molar-refractivity contribution in [3.05, 3.63) is 71.0 Å². The van der Waals surface area contributed by atoms with Crippen molar-refractivity contribution in [3.8, 4) is 0 Å². The lowest BCUT2D eigenvalue weighted by atomic mass is 10.1. The first-order chi connectivity index (χ1) is 12.1. The summed E-state index contributed by atoms with van der Waals surface area (Å²) in [4.78, 5) is 24.0. The second-order valence-corrected chi connectivity index (χ2v) is 8.28. The van der Waals surface area contributed by atoms with Crippen LogP contribution in [0.3, 0.4) is 0 Å². The van der Waals surface area contributed by atoms with E-state index in [2.05, 4.69) is 0 Å². The number of hydrogen-bond acceptors (Lipinski definition) is 5. The first kappa shape index (κ1) is 18.0. The molecule has 3 nitrogen and oxygen atoms in total. The monoisotopic (exact) mass is 376 g/mol. The van der Waals surface area contributed by atoms with Crippen LogP contribution in [0.15, 0.2) is 48.5 Å². The molecule has 0 aliphatic carbocycles. The van der Waals surface area contributed by atoms with Gasteiger partial charge in [0.1, 0.15) is 5.82 Å². The van der Waals surface area contributed by atoms with E-state index in [1.165, 1.54) is 36.2 Å². The zero-order chi connectivity index (χ0) is 17.6. The molecule has 6 heteroatoms. The van der Waals surface area contributed by atoms with Crippen LogP contribution in [0.5, 0.6) is 0 Å². The number of hydrogen-bond donors (Lipinski definition) is 0. The van der Waals surface area contributed by atoms with Crippen molar-refractivity contribution in [3.63, 3.8) is 0 Å². The summed E-state index contributed by atoms with van der Waals surface area (Å²) < 4.78 is 18.3. The number of benzene rings is 2. The largest absolute Gasteiger partial charge is 0.454 e. The number of thioether (sulfide) groups is 2. The Hall–Kier alpha value is -1.79. The van der Waals surface area contributed by atoms with Gasteiger partial charge in [0.25, 0.3) is 0 Å². The smallest absolute Gasteiger partial charge is 0.338 e. The standard InChI is InChI=1S/C19H17FO3S2/c20-16-8-6-13(7-9-16)17(21)12-23-18(22)14-2-4-15(5-3-14)19-24-10-1-11-25-19/h2-9,19H,1,10-12H2. The van der Waals surface area contributed by atoms with Crippen LogP contribution in [0.25, 0.3) is 0 Å². The van der Waals surface area contributed by atoms with Crippen molar-refractivity contribution >= 4 is 35.3 Å². The number of esters is 1. The molecule has 3 rings (SSSR count). The predicted molar refractivity (Wildman–Crippen MR) is 99.7 cm³/mol. The van der Waals surface area contributed by atoms with E-state index in [-0.39, 0.29) is 12.4 Å². The molecule has 0 bridgehead atoms. The van der Waals surface area contributed by atoms with Crippen LogP contribution < -0.4 is 0 Å². The fourth-order valence-electron chi connectivity index (χ4n) is 2.39. The maximum Gasteiger partial charge on any atom is 0.338 e. The maximum absolute atomic E-state index is 12.9. The van der Waals surface area contributed by atoms with Crippen LogP contribution in [0.1, 0.15) is 37.3 Å². The van der Waals surface area contributed by atoms with E-state index in [1.54, 1.807) is 12.1 Å². The molecule has 1 fully saturated rings. The summed E-state index contributed by atoms with van der Waals surface area (Å²) in [7, 11) is 0. The zero-order valence-corrected chi connectivity index (χ0v) is 15.1. The molecule has 1 aliphatic rings. The predicted octanol–water partition coefficient (Wildman–Crippen LogP) is 4.73. The molecule has 0 radical (unpaired) electrons. The molecule has 0 atom stereocenters. The van der Waals surface area contributed by atoms with Gasteiger partial charge in [-0.15, -0.1) is 23.5 Å². The van der Waals surface area contributed by atoms with E-state index in [0.29, 0.717) is 15.7 Å². The van der Waals surface area contributed by atoms with Gasteiger partial charge in [-0.25, -0.2) is 9.18 Å². The van der Waals surface area contributed by atoms with Gasteiger partial charge in [0.05, 0.1) is 10.1 Å². The summed E-state index contributed by atoms with van der Waals surface area (Å²) >= 11 is 3.84. The SMILES string of the molecule is O=C(COC(=O)c1ccc(C2SCCCS2)cc1)c1ccc(F)cc1. The molecule has 2 aromatic carbocycles. The number of halogens is 1. The van der Waals surface area contributed by atoms with Crippen LogP contribution in [0.4, 0.5) is 4.39 Å². The Morgan fingerprint density at radius 1 is 0.960 bits per heavy atom. The Morgan fingerprint density at radius 3 is 2.20 bits per heavy atom. The minimum Gasteiger partial charge on any atom is -0.454 e. The number of carbonyl (C=O) groups is 2. The quantitative estimate of drug-likeness (QED) is 0.557. The Labute approximate surface area is 154 Å². The Bertz CT molecular complexity index is 738. The van der Waals surface area contributed by atoms with Crippen molar-refractivity contribution in [2.75, 3.05) is 18.1 Å². The van der Waals surface area contributed by atoms with E-state index >= 15 is 0 Å². The zero-order valence-electron chi connectivity index (χ0n) is 13.4. The molecule has 0 unspecified atom stereocenters. The molecule has 2 aromatic rings.